The molecule has 1 heterocycles. The van der Waals surface area contributed by atoms with E-state index in [1.54, 1.807) is 30.5 Å². The summed E-state index contributed by atoms with van der Waals surface area (Å²) in [7, 11) is 3.81. The minimum Gasteiger partial charge on any atom is -0.355 e. The number of benzene rings is 1. The van der Waals surface area contributed by atoms with Crippen LogP contribution in [-0.4, -0.2) is 36.5 Å². The van der Waals surface area contributed by atoms with E-state index in [0.717, 1.165) is 42.6 Å². The first-order chi connectivity index (χ1) is 11.5. The van der Waals surface area contributed by atoms with Crippen molar-refractivity contribution in [3.8, 4) is 0 Å². The molecule has 1 fully saturated rings. The van der Waals surface area contributed by atoms with Crippen LogP contribution in [0.15, 0.2) is 34.6 Å². The first-order valence-electron chi connectivity index (χ1n) is 8.11. The molecule has 0 radical (unpaired) electrons. The molecular weight excluding hydrogens is 450 g/mol. The SMILES string of the molecule is CN=C(NCC1(c2ccc(F)cc2)CC1)N(C)Cc1csc(C)n1.I. The summed E-state index contributed by atoms with van der Waals surface area (Å²) < 4.78 is 13.1. The van der Waals surface area contributed by atoms with Crippen LogP contribution in [0.1, 0.15) is 29.1 Å². The number of hydrogen-bond donors (Lipinski definition) is 1. The summed E-state index contributed by atoms with van der Waals surface area (Å²) in [5.41, 5.74) is 2.37. The number of rotatable bonds is 5. The first kappa shape index (κ1) is 20.1. The molecule has 1 saturated carbocycles. The van der Waals surface area contributed by atoms with Gasteiger partial charge in [-0.05, 0) is 37.5 Å². The van der Waals surface area contributed by atoms with Crippen molar-refractivity contribution in [3.05, 3.63) is 51.7 Å². The number of guanidine groups is 1. The van der Waals surface area contributed by atoms with Crippen LogP contribution in [0.4, 0.5) is 4.39 Å². The van der Waals surface area contributed by atoms with Crippen molar-refractivity contribution in [3.63, 3.8) is 0 Å². The summed E-state index contributed by atoms with van der Waals surface area (Å²) in [5, 5.41) is 6.63. The molecule has 7 heteroatoms. The molecule has 2 aromatic rings. The smallest absolute Gasteiger partial charge is 0.193 e. The van der Waals surface area contributed by atoms with Crippen LogP contribution in [0, 0.1) is 12.7 Å². The van der Waals surface area contributed by atoms with Gasteiger partial charge in [-0.1, -0.05) is 12.1 Å². The molecule has 1 N–H and O–H groups in total. The van der Waals surface area contributed by atoms with Crippen LogP contribution in [0.2, 0.25) is 0 Å². The summed E-state index contributed by atoms with van der Waals surface area (Å²) in [6, 6.07) is 6.88. The molecule has 1 aromatic heterocycles. The monoisotopic (exact) mass is 474 g/mol. The van der Waals surface area contributed by atoms with E-state index in [2.05, 4.69) is 25.6 Å². The van der Waals surface area contributed by atoms with E-state index in [-0.39, 0.29) is 35.2 Å². The molecule has 0 spiro atoms. The lowest BCUT2D eigenvalue weighted by atomic mass is 9.96. The Bertz CT molecular complexity index is 725. The second kappa shape index (κ2) is 8.44. The molecule has 0 unspecified atom stereocenters. The van der Waals surface area contributed by atoms with Crippen LogP contribution >= 0.6 is 35.3 Å². The highest BCUT2D eigenvalue weighted by molar-refractivity contribution is 14.0. The zero-order valence-corrected chi connectivity index (χ0v) is 17.9. The summed E-state index contributed by atoms with van der Waals surface area (Å²) in [6.45, 7) is 3.56. The Balaban J connectivity index is 0.00000225. The Morgan fingerprint density at radius 3 is 2.56 bits per heavy atom. The van der Waals surface area contributed by atoms with Gasteiger partial charge in [0.1, 0.15) is 5.82 Å². The fourth-order valence-electron chi connectivity index (χ4n) is 2.95. The van der Waals surface area contributed by atoms with Gasteiger partial charge in [0.05, 0.1) is 17.2 Å². The second-order valence-electron chi connectivity index (χ2n) is 6.40. The number of aromatic nitrogens is 1. The highest BCUT2D eigenvalue weighted by Crippen LogP contribution is 2.47. The van der Waals surface area contributed by atoms with Gasteiger partial charge in [0.2, 0.25) is 0 Å². The highest BCUT2D eigenvalue weighted by Gasteiger charge is 2.44. The summed E-state index contributed by atoms with van der Waals surface area (Å²) in [4.78, 5) is 11.0. The van der Waals surface area contributed by atoms with E-state index < -0.39 is 0 Å². The maximum absolute atomic E-state index is 13.1. The van der Waals surface area contributed by atoms with Gasteiger partial charge in [0, 0.05) is 31.4 Å². The summed E-state index contributed by atoms with van der Waals surface area (Å²) in [6.07, 6.45) is 2.25. The van der Waals surface area contributed by atoms with Gasteiger partial charge in [-0.2, -0.15) is 0 Å². The van der Waals surface area contributed by atoms with Crippen molar-refractivity contribution < 1.29 is 4.39 Å². The van der Waals surface area contributed by atoms with E-state index in [1.807, 2.05) is 26.1 Å². The minimum atomic E-state index is -0.184. The molecule has 3 rings (SSSR count). The summed E-state index contributed by atoms with van der Waals surface area (Å²) in [5.74, 6) is 0.672. The molecule has 1 aromatic carbocycles. The molecule has 0 bridgehead atoms. The first-order valence-corrected chi connectivity index (χ1v) is 8.99. The molecular formula is C18H24FIN4S. The zero-order chi connectivity index (χ0) is 17.2. The van der Waals surface area contributed by atoms with Gasteiger partial charge in [-0.3, -0.25) is 4.99 Å². The fourth-order valence-corrected chi connectivity index (χ4v) is 3.56. The summed E-state index contributed by atoms with van der Waals surface area (Å²) >= 11 is 1.66. The third kappa shape index (κ3) is 4.91. The van der Waals surface area contributed by atoms with Crippen molar-refractivity contribution in [1.82, 2.24) is 15.2 Å². The molecule has 25 heavy (non-hydrogen) atoms. The molecule has 136 valence electrons. The predicted octanol–water partition coefficient (Wildman–Crippen LogP) is 3.95. The fraction of sp³-hybridized carbons (Fsp3) is 0.444. The van der Waals surface area contributed by atoms with Crippen LogP contribution in [0.5, 0.6) is 0 Å². The van der Waals surface area contributed by atoms with E-state index in [9.17, 15) is 4.39 Å². The van der Waals surface area contributed by atoms with E-state index in [4.69, 9.17) is 0 Å². The Labute approximate surface area is 169 Å². The molecule has 0 amide bonds. The van der Waals surface area contributed by atoms with E-state index in [1.165, 1.54) is 5.56 Å². The maximum Gasteiger partial charge on any atom is 0.193 e. The van der Waals surface area contributed by atoms with Crippen molar-refractivity contribution >= 4 is 41.3 Å². The standard InChI is InChI=1S/C18H23FN4S.HI/c1-13-22-16(11-24-13)10-23(3)17(20-2)21-12-18(8-9-18)14-4-6-15(19)7-5-14;/h4-7,11H,8-10,12H2,1-3H3,(H,20,21);1H. The largest absolute Gasteiger partial charge is 0.355 e. The van der Waals surface area contributed by atoms with Crippen LogP contribution in [0.3, 0.4) is 0 Å². The topological polar surface area (TPSA) is 40.5 Å². The Morgan fingerprint density at radius 1 is 1.36 bits per heavy atom. The Morgan fingerprint density at radius 2 is 2.04 bits per heavy atom. The van der Waals surface area contributed by atoms with Crippen molar-refractivity contribution in [2.24, 2.45) is 4.99 Å². The van der Waals surface area contributed by atoms with Gasteiger partial charge in [0.25, 0.3) is 0 Å². The number of aliphatic imine (C=N–C) groups is 1. The van der Waals surface area contributed by atoms with Gasteiger partial charge in [0.15, 0.2) is 5.96 Å². The molecule has 1 aliphatic carbocycles. The van der Waals surface area contributed by atoms with Gasteiger partial charge < -0.3 is 10.2 Å². The minimum absolute atomic E-state index is 0. The number of thiazole rings is 1. The number of aryl methyl sites for hydroxylation is 1. The molecule has 4 nitrogen and oxygen atoms in total. The van der Waals surface area contributed by atoms with Gasteiger partial charge >= 0.3 is 0 Å². The predicted molar refractivity (Wildman–Crippen MR) is 112 cm³/mol. The molecule has 0 aliphatic heterocycles. The van der Waals surface area contributed by atoms with Crippen LogP contribution < -0.4 is 5.32 Å². The third-order valence-corrected chi connectivity index (χ3v) is 5.36. The second-order valence-corrected chi connectivity index (χ2v) is 7.46. The lowest BCUT2D eigenvalue weighted by molar-refractivity contribution is 0.464. The molecule has 0 saturated heterocycles. The lowest BCUT2D eigenvalue weighted by Gasteiger charge is -2.24. The average molecular weight is 474 g/mol. The molecule has 1 aliphatic rings. The van der Waals surface area contributed by atoms with Gasteiger partial charge in [-0.25, -0.2) is 9.37 Å². The van der Waals surface area contributed by atoms with Crippen LogP contribution in [0.25, 0.3) is 0 Å². The maximum atomic E-state index is 13.1. The number of halogens is 2. The van der Waals surface area contributed by atoms with Crippen molar-refractivity contribution in [2.45, 2.75) is 31.7 Å². The van der Waals surface area contributed by atoms with Crippen molar-refractivity contribution in [2.75, 3.05) is 20.6 Å². The van der Waals surface area contributed by atoms with Gasteiger partial charge in [-0.15, -0.1) is 35.3 Å². The quantitative estimate of drug-likeness (QED) is 0.406. The number of nitrogens with one attached hydrogen (secondary N) is 1. The number of hydrogen-bond acceptors (Lipinski definition) is 3. The zero-order valence-electron chi connectivity index (χ0n) is 14.8. The third-order valence-electron chi connectivity index (χ3n) is 4.53. The van der Waals surface area contributed by atoms with E-state index in [0.29, 0.717) is 0 Å². The normalized spacial score (nSPS) is 15.4. The van der Waals surface area contributed by atoms with E-state index >= 15 is 0 Å². The Hall–Kier alpha value is -1.22. The number of nitrogens with zero attached hydrogens (tertiary/aromatic N) is 3. The average Bonchev–Trinajstić information content (AvgIpc) is 3.24. The highest BCUT2D eigenvalue weighted by atomic mass is 127. The molecule has 0 atom stereocenters. The van der Waals surface area contributed by atoms with Crippen molar-refractivity contribution in [1.29, 1.82) is 0 Å². The van der Waals surface area contributed by atoms with Crippen LogP contribution in [-0.2, 0) is 12.0 Å². The Kier molecular flexibility index (Phi) is 6.79. The lowest BCUT2D eigenvalue weighted by Crippen LogP contribution is -2.42.